The fraction of sp³-hybridized carbons (Fsp3) is 0. The van der Waals surface area contributed by atoms with Crippen LogP contribution in [0.25, 0.3) is 0 Å². The molecule has 0 aliphatic carbocycles. The number of hydrogen-bond donors (Lipinski definition) is 2. The SMILES string of the molecule is OB(O)Oc1ccccc1.[K]. The molecule has 0 amide bonds. The van der Waals surface area contributed by atoms with E-state index in [1.165, 1.54) is 0 Å². The van der Waals surface area contributed by atoms with Crippen LogP contribution >= 0.6 is 0 Å². The van der Waals surface area contributed by atoms with E-state index in [9.17, 15) is 0 Å². The molecular weight excluding hydrogens is 170 g/mol. The summed E-state index contributed by atoms with van der Waals surface area (Å²) in [6.45, 7) is 0. The van der Waals surface area contributed by atoms with Gasteiger partial charge in [0.05, 0.1) is 0 Å². The number of benzene rings is 1. The van der Waals surface area contributed by atoms with Crippen LogP contribution in [0.15, 0.2) is 30.3 Å². The van der Waals surface area contributed by atoms with E-state index < -0.39 is 7.32 Å². The minimum Gasteiger partial charge on any atom is -0.512 e. The first-order valence-electron chi connectivity index (χ1n) is 2.87. The molecule has 11 heavy (non-hydrogen) atoms. The van der Waals surface area contributed by atoms with Gasteiger partial charge >= 0.3 is 7.32 Å². The zero-order chi connectivity index (χ0) is 7.40. The van der Waals surface area contributed by atoms with Crippen molar-refractivity contribution in [3.8, 4) is 5.75 Å². The second kappa shape index (κ2) is 6.19. The Balaban J connectivity index is 0.000001000. The van der Waals surface area contributed by atoms with Gasteiger partial charge in [0.1, 0.15) is 5.75 Å². The molecule has 0 spiro atoms. The molecule has 1 aromatic carbocycles. The maximum atomic E-state index is 8.34. The van der Waals surface area contributed by atoms with E-state index in [2.05, 4.69) is 4.65 Å². The van der Waals surface area contributed by atoms with Crippen LogP contribution in [-0.2, 0) is 0 Å². The van der Waals surface area contributed by atoms with Gasteiger partial charge in [-0.3, -0.25) is 0 Å². The minimum absolute atomic E-state index is 0. The molecule has 0 aromatic heterocycles. The van der Waals surface area contributed by atoms with Crippen molar-refractivity contribution in [2.45, 2.75) is 0 Å². The van der Waals surface area contributed by atoms with Crippen LogP contribution in [-0.4, -0.2) is 68.8 Å². The van der Waals surface area contributed by atoms with Crippen LogP contribution in [0.2, 0.25) is 0 Å². The van der Waals surface area contributed by atoms with Crippen molar-refractivity contribution in [1.29, 1.82) is 0 Å². The van der Waals surface area contributed by atoms with Gasteiger partial charge in [-0.1, -0.05) is 18.2 Å². The van der Waals surface area contributed by atoms with Gasteiger partial charge in [0, 0.05) is 51.4 Å². The number of hydrogen-bond acceptors (Lipinski definition) is 3. The Morgan fingerprint density at radius 2 is 1.64 bits per heavy atom. The summed E-state index contributed by atoms with van der Waals surface area (Å²) in [5.41, 5.74) is 0. The summed E-state index contributed by atoms with van der Waals surface area (Å²) in [5, 5.41) is 16.7. The van der Waals surface area contributed by atoms with Gasteiger partial charge < -0.3 is 14.7 Å². The van der Waals surface area contributed by atoms with Gasteiger partial charge in [-0.25, -0.2) is 0 Å². The molecule has 0 aliphatic rings. The fourth-order valence-corrected chi connectivity index (χ4v) is 0.621. The van der Waals surface area contributed by atoms with Gasteiger partial charge in [0.2, 0.25) is 0 Å². The van der Waals surface area contributed by atoms with Crippen LogP contribution in [0.5, 0.6) is 5.75 Å². The quantitative estimate of drug-likeness (QED) is 0.607. The maximum absolute atomic E-state index is 8.34. The molecule has 0 bridgehead atoms. The Kier molecular flexibility index (Phi) is 6.55. The average molecular weight is 177 g/mol. The second-order valence-electron chi connectivity index (χ2n) is 1.76. The van der Waals surface area contributed by atoms with E-state index in [-0.39, 0.29) is 51.4 Å². The Bertz CT molecular complexity index is 192. The van der Waals surface area contributed by atoms with E-state index in [0.29, 0.717) is 5.75 Å². The Morgan fingerprint density at radius 1 is 1.09 bits per heavy atom. The van der Waals surface area contributed by atoms with Crippen molar-refractivity contribution < 1.29 is 14.7 Å². The number of para-hydroxylation sites is 1. The summed E-state index contributed by atoms with van der Waals surface area (Å²) >= 11 is 0. The van der Waals surface area contributed by atoms with Crippen molar-refractivity contribution in [3.05, 3.63) is 30.3 Å². The molecule has 3 nitrogen and oxygen atoms in total. The van der Waals surface area contributed by atoms with Gasteiger partial charge in [-0.05, 0) is 12.1 Å². The van der Waals surface area contributed by atoms with Gasteiger partial charge in [-0.2, -0.15) is 0 Å². The van der Waals surface area contributed by atoms with Gasteiger partial charge in [-0.15, -0.1) is 0 Å². The molecule has 0 unspecified atom stereocenters. The van der Waals surface area contributed by atoms with Crippen molar-refractivity contribution in [2.24, 2.45) is 0 Å². The minimum atomic E-state index is -1.73. The van der Waals surface area contributed by atoms with Crippen LogP contribution in [0.3, 0.4) is 0 Å². The predicted molar refractivity (Wildman–Crippen MR) is 43.0 cm³/mol. The topological polar surface area (TPSA) is 49.7 Å². The molecule has 0 atom stereocenters. The molecule has 1 aromatic rings. The standard InChI is InChI=1S/C6H7BO3.K/c8-7(9)10-6-4-2-1-3-5-6;/h1-5,8-9H;. The first kappa shape index (κ1) is 11.6. The molecule has 5 heteroatoms. The Morgan fingerprint density at radius 3 is 2.09 bits per heavy atom. The zero-order valence-electron chi connectivity index (χ0n) is 6.27. The summed E-state index contributed by atoms with van der Waals surface area (Å²) in [7, 11) is -1.73. The van der Waals surface area contributed by atoms with Gasteiger partial charge in [0.25, 0.3) is 0 Å². The van der Waals surface area contributed by atoms with Crippen molar-refractivity contribution >= 4 is 58.7 Å². The first-order chi connectivity index (χ1) is 4.79. The molecular formula is C6H7BKO3. The first-order valence-corrected chi connectivity index (χ1v) is 2.87. The molecule has 1 radical (unpaired) electrons. The molecule has 0 fully saturated rings. The Hall–Kier alpha value is 0.641. The molecule has 2 N–H and O–H groups in total. The Labute approximate surface area is 108 Å². The second-order valence-corrected chi connectivity index (χ2v) is 1.76. The normalized spacial score (nSPS) is 8.18. The van der Waals surface area contributed by atoms with Crippen molar-refractivity contribution in [3.63, 3.8) is 0 Å². The largest absolute Gasteiger partial charge is 0.707 e. The third-order valence-electron chi connectivity index (χ3n) is 0.985. The smallest absolute Gasteiger partial charge is 0.512 e. The van der Waals surface area contributed by atoms with E-state index in [4.69, 9.17) is 10.0 Å². The van der Waals surface area contributed by atoms with E-state index >= 15 is 0 Å². The zero-order valence-corrected chi connectivity index (χ0v) is 9.39. The molecule has 0 saturated carbocycles. The predicted octanol–water partition coefficient (Wildman–Crippen LogP) is -0.346. The van der Waals surface area contributed by atoms with Crippen molar-refractivity contribution in [2.75, 3.05) is 0 Å². The van der Waals surface area contributed by atoms with Gasteiger partial charge in [0.15, 0.2) is 0 Å². The molecule has 1 rings (SSSR count). The fourth-order valence-electron chi connectivity index (χ4n) is 0.621. The van der Waals surface area contributed by atoms with Crippen LogP contribution in [0.4, 0.5) is 0 Å². The molecule has 0 heterocycles. The van der Waals surface area contributed by atoms with Crippen LogP contribution in [0.1, 0.15) is 0 Å². The van der Waals surface area contributed by atoms with E-state index in [0.717, 1.165) is 0 Å². The monoisotopic (exact) mass is 177 g/mol. The maximum Gasteiger partial charge on any atom is 0.707 e. The summed E-state index contributed by atoms with van der Waals surface area (Å²) in [4.78, 5) is 0. The summed E-state index contributed by atoms with van der Waals surface area (Å²) in [6, 6.07) is 8.59. The summed E-state index contributed by atoms with van der Waals surface area (Å²) < 4.78 is 4.53. The molecule has 0 aliphatic heterocycles. The third kappa shape index (κ3) is 4.97. The van der Waals surface area contributed by atoms with E-state index in [1.807, 2.05) is 6.07 Å². The summed E-state index contributed by atoms with van der Waals surface area (Å²) in [6.07, 6.45) is 0. The average Bonchev–Trinajstić information content (AvgIpc) is 1.88. The molecule has 53 valence electrons. The third-order valence-corrected chi connectivity index (χ3v) is 0.985. The van der Waals surface area contributed by atoms with Crippen molar-refractivity contribution in [1.82, 2.24) is 0 Å². The molecule has 0 saturated heterocycles. The number of rotatable bonds is 2. The van der Waals surface area contributed by atoms with Crippen LogP contribution in [0, 0.1) is 0 Å². The van der Waals surface area contributed by atoms with E-state index in [1.54, 1.807) is 24.3 Å². The summed E-state index contributed by atoms with van der Waals surface area (Å²) in [5.74, 6) is 0.442. The van der Waals surface area contributed by atoms with Crippen LogP contribution < -0.4 is 4.65 Å².